The van der Waals surface area contributed by atoms with Crippen molar-refractivity contribution < 1.29 is 4.79 Å². The number of Topliss-reactive ketones (excluding diaryl/α,β-unsaturated/α-hetero) is 1. The minimum absolute atomic E-state index is 0.281. The summed E-state index contributed by atoms with van der Waals surface area (Å²) in [4.78, 5) is 11.5. The highest BCUT2D eigenvalue weighted by Gasteiger charge is 2.29. The molecule has 0 fully saturated rings. The van der Waals surface area contributed by atoms with E-state index >= 15 is 0 Å². The van der Waals surface area contributed by atoms with Crippen molar-refractivity contribution in [3.8, 4) is 0 Å². The van der Waals surface area contributed by atoms with Crippen LogP contribution in [0.1, 0.15) is 30.1 Å². The molecule has 1 N–H and O–H groups in total. The van der Waals surface area contributed by atoms with Crippen LogP contribution in [-0.4, -0.2) is 16.9 Å². The summed E-state index contributed by atoms with van der Waals surface area (Å²) < 4.78 is 2.31. The average molecular weight is 190 g/mol. The van der Waals surface area contributed by atoms with Gasteiger partial charge in [0, 0.05) is 31.3 Å². The van der Waals surface area contributed by atoms with Crippen LogP contribution in [0.4, 0.5) is 0 Å². The van der Waals surface area contributed by atoms with Crippen molar-refractivity contribution in [2.45, 2.75) is 31.8 Å². The Morgan fingerprint density at radius 2 is 2.43 bits per heavy atom. The predicted molar refractivity (Wildman–Crippen MR) is 53.1 cm³/mol. The van der Waals surface area contributed by atoms with Gasteiger partial charge in [-0.1, -0.05) is 0 Å². The maximum absolute atomic E-state index is 11.5. The van der Waals surface area contributed by atoms with E-state index in [0.29, 0.717) is 18.6 Å². The summed E-state index contributed by atoms with van der Waals surface area (Å²) in [5.41, 5.74) is 2.60. The third kappa shape index (κ3) is 1.12. The minimum Gasteiger partial charge on any atom is -0.350 e. The Morgan fingerprint density at radius 1 is 1.50 bits per heavy atom. The van der Waals surface area contributed by atoms with Gasteiger partial charge in [0.2, 0.25) is 0 Å². The van der Waals surface area contributed by atoms with Crippen LogP contribution in [0.3, 0.4) is 0 Å². The fraction of sp³-hybridized carbons (Fsp3) is 0.545. The van der Waals surface area contributed by atoms with E-state index in [4.69, 9.17) is 0 Å². The normalized spacial score (nSPS) is 25.7. The Hall–Kier alpha value is -1.09. The zero-order valence-electron chi connectivity index (χ0n) is 8.12. The molecule has 0 aromatic carbocycles. The van der Waals surface area contributed by atoms with Gasteiger partial charge in [-0.25, -0.2) is 0 Å². The fourth-order valence-corrected chi connectivity index (χ4v) is 2.60. The Morgan fingerprint density at radius 3 is 3.36 bits per heavy atom. The molecule has 1 aliphatic carbocycles. The lowest BCUT2D eigenvalue weighted by Crippen LogP contribution is -2.29. The third-order valence-corrected chi connectivity index (χ3v) is 3.21. The second-order valence-corrected chi connectivity index (χ2v) is 4.20. The highest BCUT2D eigenvalue weighted by Crippen LogP contribution is 2.30. The topological polar surface area (TPSA) is 34.0 Å². The molecule has 1 unspecified atom stereocenters. The summed E-state index contributed by atoms with van der Waals surface area (Å²) in [6.45, 7) is 2.12. The van der Waals surface area contributed by atoms with Crippen molar-refractivity contribution in [1.29, 1.82) is 0 Å². The monoisotopic (exact) mass is 190 g/mol. The van der Waals surface area contributed by atoms with Crippen LogP contribution in [0.25, 0.3) is 0 Å². The molecule has 74 valence electrons. The van der Waals surface area contributed by atoms with E-state index in [0.717, 1.165) is 19.5 Å². The lowest BCUT2D eigenvalue weighted by atomic mass is 9.92. The Balaban J connectivity index is 2.11. The number of hydrogen-bond donors (Lipinski definition) is 1. The highest BCUT2D eigenvalue weighted by molar-refractivity contribution is 5.83. The first-order chi connectivity index (χ1) is 6.84. The molecule has 0 saturated heterocycles. The molecule has 0 amide bonds. The molecule has 0 radical (unpaired) electrons. The van der Waals surface area contributed by atoms with Crippen LogP contribution < -0.4 is 5.32 Å². The fourth-order valence-electron chi connectivity index (χ4n) is 2.60. The molecule has 1 aromatic heterocycles. The van der Waals surface area contributed by atoms with Crippen LogP contribution in [-0.2, 0) is 17.8 Å². The van der Waals surface area contributed by atoms with E-state index in [9.17, 15) is 4.79 Å². The molecule has 2 aliphatic rings. The summed E-state index contributed by atoms with van der Waals surface area (Å²) in [6.07, 6.45) is 4.60. The van der Waals surface area contributed by atoms with E-state index < -0.39 is 0 Å². The molecule has 3 nitrogen and oxygen atoms in total. The zero-order valence-corrected chi connectivity index (χ0v) is 8.12. The maximum Gasteiger partial charge on any atom is 0.139 e. The molecule has 0 spiro atoms. The van der Waals surface area contributed by atoms with Gasteiger partial charge < -0.3 is 9.88 Å². The summed E-state index contributed by atoms with van der Waals surface area (Å²) in [5, 5.41) is 3.45. The first-order valence-corrected chi connectivity index (χ1v) is 5.27. The first-order valence-electron chi connectivity index (χ1n) is 5.27. The quantitative estimate of drug-likeness (QED) is 0.663. The summed E-state index contributed by atoms with van der Waals surface area (Å²) in [7, 11) is 0. The molecule has 1 atom stereocenters. The van der Waals surface area contributed by atoms with Gasteiger partial charge in [-0.2, -0.15) is 0 Å². The van der Waals surface area contributed by atoms with Crippen LogP contribution in [0.2, 0.25) is 0 Å². The van der Waals surface area contributed by atoms with Crippen LogP contribution in [0.5, 0.6) is 0 Å². The number of nitrogens with one attached hydrogen (secondary N) is 1. The molecular weight excluding hydrogens is 176 g/mol. The second kappa shape index (κ2) is 2.95. The Bertz CT molecular complexity index is 381. The second-order valence-electron chi connectivity index (χ2n) is 4.20. The van der Waals surface area contributed by atoms with Crippen molar-refractivity contribution >= 4 is 5.78 Å². The van der Waals surface area contributed by atoms with E-state index in [1.165, 1.54) is 11.3 Å². The van der Waals surface area contributed by atoms with E-state index in [2.05, 4.69) is 22.1 Å². The Kier molecular flexibility index (Phi) is 1.74. The standard InChI is InChI=1S/C11H14N2O/c14-9-6-8-2-5-13-4-1-3-12-10(7-9)11(8)13/h2,5,10,12H,1,3-4,6-7H2. The number of hydrogen-bond acceptors (Lipinski definition) is 2. The first kappa shape index (κ1) is 8.24. The Labute approximate surface area is 83.1 Å². The molecular formula is C11H14N2O. The maximum atomic E-state index is 11.5. The number of aromatic nitrogens is 1. The number of carbonyl (C=O) groups is 1. The number of rotatable bonds is 0. The van der Waals surface area contributed by atoms with E-state index in [1.54, 1.807) is 0 Å². The van der Waals surface area contributed by atoms with Crippen LogP contribution in [0.15, 0.2) is 12.3 Å². The van der Waals surface area contributed by atoms with E-state index in [-0.39, 0.29) is 6.04 Å². The van der Waals surface area contributed by atoms with Gasteiger partial charge in [-0.15, -0.1) is 0 Å². The van der Waals surface area contributed by atoms with Gasteiger partial charge in [0.1, 0.15) is 5.78 Å². The molecule has 0 bridgehead atoms. The van der Waals surface area contributed by atoms with Gasteiger partial charge in [-0.05, 0) is 24.6 Å². The molecule has 2 heterocycles. The highest BCUT2D eigenvalue weighted by atomic mass is 16.1. The van der Waals surface area contributed by atoms with E-state index in [1.807, 2.05) is 0 Å². The lowest BCUT2D eigenvalue weighted by Gasteiger charge is -2.22. The van der Waals surface area contributed by atoms with Crippen LogP contribution in [0, 0.1) is 0 Å². The van der Waals surface area contributed by atoms with Crippen LogP contribution >= 0.6 is 0 Å². The molecule has 1 aliphatic heterocycles. The molecule has 3 rings (SSSR count). The molecule has 0 saturated carbocycles. The van der Waals surface area contributed by atoms with Gasteiger partial charge in [0.25, 0.3) is 0 Å². The van der Waals surface area contributed by atoms with Gasteiger partial charge in [0.05, 0.1) is 6.04 Å². The smallest absolute Gasteiger partial charge is 0.139 e. The zero-order chi connectivity index (χ0) is 9.54. The minimum atomic E-state index is 0.281. The predicted octanol–water partition coefficient (Wildman–Crippen LogP) is 1.04. The van der Waals surface area contributed by atoms with Crippen molar-refractivity contribution in [2.24, 2.45) is 0 Å². The molecule has 1 aromatic rings. The number of ketones is 1. The third-order valence-electron chi connectivity index (χ3n) is 3.21. The SMILES string of the molecule is O=C1Cc2ccn3c2C(C1)NCCC3. The average Bonchev–Trinajstić information content (AvgIpc) is 2.43. The molecule has 3 heteroatoms. The van der Waals surface area contributed by atoms with Crippen molar-refractivity contribution in [3.05, 3.63) is 23.5 Å². The van der Waals surface area contributed by atoms with Gasteiger partial charge in [-0.3, -0.25) is 4.79 Å². The van der Waals surface area contributed by atoms with Crippen molar-refractivity contribution in [2.75, 3.05) is 6.54 Å². The van der Waals surface area contributed by atoms with Crippen molar-refractivity contribution in [1.82, 2.24) is 9.88 Å². The number of carbonyl (C=O) groups excluding carboxylic acids is 1. The van der Waals surface area contributed by atoms with Gasteiger partial charge in [0.15, 0.2) is 0 Å². The lowest BCUT2D eigenvalue weighted by molar-refractivity contribution is -0.119. The largest absolute Gasteiger partial charge is 0.350 e. The summed E-state index contributed by atoms with van der Waals surface area (Å²) >= 11 is 0. The summed E-state index contributed by atoms with van der Waals surface area (Å²) in [5.74, 6) is 0.370. The van der Waals surface area contributed by atoms with Crippen molar-refractivity contribution in [3.63, 3.8) is 0 Å². The number of nitrogens with zero attached hydrogens (tertiary/aromatic N) is 1. The van der Waals surface area contributed by atoms with Gasteiger partial charge >= 0.3 is 0 Å². The molecule has 14 heavy (non-hydrogen) atoms. The number of aryl methyl sites for hydroxylation is 1. The summed E-state index contributed by atoms with van der Waals surface area (Å²) in [6, 6.07) is 2.38.